The van der Waals surface area contributed by atoms with Gasteiger partial charge in [0, 0.05) is 5.56 Å². The van der Waals surface area contributed by atoms with Crippen molar-refractivity contribution >= 4 is 11.9 Å². The first-order chi connectivity index (χ1) is 11.3. The van der Waals surface area contributed by atoms with Crippen molar-refractivity contribution in [1.29, 1.82) is 0 Å². The van der Waals surface area contributed by atoms with Gasteiger partial charge < -0.3 is 9.15 Å². The Balaban J connectivity index is 1.80. The van der Waals surface area contributed by atoms with E-state index in [4.69, 9.17) is 9.15 Å². The van der Waals surface area contributed by atoms with E-state index in [0.29, 0.717) is 17.1 Å². The molecule has 0 saturated heterocycles. The van der Waals surface area contributed by atoms with Crippen molar-refractivity contribution in [3.63, 3.8) is 0 Å². The van der Waals surface area contributed by atoms with Crippen LogP contribution in [-0.2, 0) is 0 Å². The number of rotatable bonds is 5. The van der Waals surface area contributed by atoms with Crippen LogP contribution in [0.4, 0.5) is 0 Å². The highest BCUT2D eigenvalue weighted by atomic mass is 16.5. The highest BCUT2D eigenvalue weighted by Crippen LogP contribution is 2.31. The van der Waals surface area contributed by atoms with Crippen LogP contribution in [0, 0.1) is 0 Å². The highest BCUT2D eigenvalue weighted by Gasteiger charge is 2.09. The summed E-state index contributed by atoms with van der Waals surface area (Å²) < 4.78 is 11.1. The molecular weight excluding hydrogens is 288 g/mol. The molecule has 1 heterocycles. The first-order valence-corrected chi connectivity index (χ1v) is 7.28. The molecule has 0 N–H and O–H groups in total. The molecule has 3 rings (SSSR count). The molecule has 0 atom stereocenters. The Kier molecular flexibility index (Phi) is 4.39. The summed E-state index contributed by atoms with van der Waals surface area (Å²) in [4.78, 5) is 12.0. The second-order valence-electron chi connectivity index (χ2n) is 4.97. The normalized spacial score (nSPS) is 10.8. The van der Waals surface area contributed by atoms with Crippen molar-refractivity contribution in [3.8, 4) is 17.1 Å². The van der Waals surface area contributed by atoms with Gasteiger partial charge in [-0.25, -0.2) is 0 Å². The molecule has 3 heteroatoms. The average Bonchev–Trinajstić information content (AvgIpc) is 3.09. The van der Waals surface area contributed by atoms with Gasteiger partial charge in [-0.3, -0.25) is 4.79 Å². The molecule has 0 unspecified atom stereocenters. The highest BCUT2D eigenvalue weighted by molar-refractivity contribution is 6.06. The number of furan rings is 1. The standard InChI is InChI=1S/C20H16O3/c1-22-19-10-6-5-9-17(19)20-14-12-16(23-20)11-13-18(21)15-7-3-2-4-8-15/h2-14H,1H3. The first-order valence-electron chi connectivity index (χ1n) is 7.28. The van der Waals surface area contributed by atoms with Crippen LogP contribution in [-0.4, -0.2) is 12.9 Å². The monoisotopic (exact) mass is 304 g/mol. The van der Waals surface area contributed by atoms with Gasteiger partial charge in [-0.05, 0) is 36.4 Å². The number of methoxy groups -OCH3 is 1. The lowest BCUT2D eigenvalue weighted by Gasteiger charge is -2.04. The van der Waals surface area contributed by atoms with Gasteiger partial charge in [-0.15, -0.1) is 0 Å². The van der Waals surface area contributed by atoms with Gasteiger partial charge in [0.05, 0.1) is 12.7 Å². The van der Waals surface area contributed by atoms with E-state index in [1.807, 2.05) is 54.6 Å². The van der Waals surface area contributed by atoms with Crippen molar-refractivity contribution in [2.24, 2.45) is 0 Å². The van der Waals surface area contributed by atoms with Gasteiger partial charge in [0.15, 0.2) is 5.78 Å². The third-order valence-electron chi connectivity index (χ3n) is 3.46. The van der Waals surface area contributed by atoms with Gasteiger partial charge in [0.1, 0.15) is 17.3 Å². The Hall–Kier alpha value is -3.07. The first kappa shape index (κ1) is 14.9. The lowest BCUT2D eigenvalue weighted by atomic mass is 10.1. The van der Waals surface area contributed by atoms with Crippen LogP contribution in [0.15, 0.2) is 77.2 Å². The van der Waals surface area contributed by atoms with Crippen molar-refractivity contribution < 1.29 is 13.9 Å². The Morgan fingerprint density at radius 1 is 0.957 bits per heavy atom. The Labute approximate surface area is 134 Å². The van der Waals surface area contributed by atoms with Crippen LogP contribution >= 0.6 is 0 Å². The van der Waals surface area contributed by atoms with E-state index < -0.39 is 0 Å². The number of carbonyl (C=O) groups excluding carboxylic acids is 1. The molecule has 0 fully saturated rings. The molecule has 2 aromatic carbocycles. The van der Waals surface area contributed by atoms with Crippen molar-refractivity contribution in [3.05, 3.63) is 84.1 Å². The molecule has 0 aliphatic carbocycles. The fourth-order valence-corrected chi connectivity index (χ4v) is 2.29. The van der Waals surface area contributed by atoms with Crippen LogP contribution < -0.4 is 4.74 Å². The molecule has 0 spiro atoms. The fraction of sp³-hybridized carbons (Fsp3) is 0.0500. The number of hydrogen-bond donors (Lipinski definition) is 0. The summed E-state index contributed by atoms with van der Waals surface area (Å²) in [5.41, 5.74) is 1.53. The summed E-state index contributed by atoms with van der Waals surface area (Å²) in [6.45, 7) is 0. The lowest BCUT2D eigenvalue weighted by molar-refractivity contribution is 0.104. The molecule has 3 nitrogen and oxygen atoms in total. The van der Waals surface area contributed by atoms with E-state index >= 15 is 0 Å². The molecule has 114 valence electrons. The van der Waals surface area contributed by atoms with E-state index in [9.17, 15) is 4.79 Å². The van der Waals surface area contributed by atoms with E-state index in [1.165, 1.54) is 6.08 Å². The van der Waals surface area contributed by atoms with Crippen LogP contribution in [0.3, 0.4) is 0 Å². The maximum Gasteiger partial charge on any atom is 0.185 e. The molecule has 23 heavy (non-hydrogen) atoms. The molecular formula is C20H16O3. The van der Waals surface area contributed by atoms with Gasteiger partial charge in [-0.2, -0.15) is 0 Å². The predicted octanol–water partition coefficient (Wildman–Crippen LogP) is 4.85. The van der Waals surface area contributed by atoms with Gasteiger partial charge >= 0.3 is 0 Å². The summed E-state index contributed by atoms with van der Waals surface area (Å²) in [5.74, 6) is 2.02. The number of para-hydroxylation sites is 1. The summed E-state index contributed by atoms with van der Waals surface area (Å²) >= 11 is 0. The van der Waals surface area contributed by atoms with Crippen LogP contribution in [0.2, 0.25) is 0 Å². The average molecular weight is 304 g/mol. The molecule has 1 aromatic heterocycles. The molecule has 0 aliphatic rings. The topological polar surface area (TPSA) is 39.4 Å². The predicted molar refractivity (Wildman–Crippen MR) is 90.5 cm³/mol. The van der Waals surface area contributed by atoms with Crippen molar-refractivity contribution in [1.82, 2.24) is 0 Å². The van der Waals surface area contributed by atoms with Crippen LogP contribution in [0.25, 0.3) is 17.4 Å². The number of carbonyl (C=O) groups is 1. The maximum absolute atomic E-state index is 12.0. The third-order valence-corrected chi connectivity index (χ3v) is 3.46. The number of benzene rings is 2. The molecule has 3 aromatic rings. The molecule has 0 saturated carbocycles. The summed E-state index contributed by atoms with van der Waals surface area (Å²) in [6, 6.07) is 20.5. The third kappa shape index (κ3) is 3.40. The zero-order valence-corrected chi connectivity index (χ0v) is 12.7. The minimum atomic E-state index is -0.0548. The Morgan fingerprint density at radius 3 is 2.48 bits per heavy atom. The lowest BCUT2D eigenvalue weighted by Crippen LogP contribution is -1.92. The van der Waals surface area contributed by atoms with Gasteiger partial charge in [0.2, 0.25) is 0 Å². The minimum Gasteiger partial charge on any atom is -0.496 e. The Bertz CT molecular complexity index is 829. The summed E-state index contributed by atoms with van der Waals surface area (Å²) in [7, 11) is 1.63. The number of hydrogen-bond acceptors (Lipinski definition) is 3. The summed E-state index contributed by atoms with van der Waals surface area (Å²) in [6.07, 6.45) is 3.19. The largest absolute Gasteiger partial charge is 0.496 e. The quantitative estimate of drug-likeness (QED) is 0.499. The number of allylic oxidation sites excluding steroid dienone is 1. The molecule has 0 aliphatic heterocycles. The molecule has 0 radical (unpaired) electrons. The van der Waals surface area contributed by atoms with E-state index in [-0.39, 0.29) is 5.78 Å². The van der Waals surface area contributed by atoms with Crippen molar-refractivity contribution in [2.45, 2.75) is 0 Å². The van der Waals surface area contributed by atoms with Gasteiger partial charge in [-0.1, -0.05) is 42.5 Å². The zero-order valence-electron chi connectivity index (χ0n) is 12.7. The maximum atomic E-state index is 12.0. The molecule has 0 bridgehead atoms. The number of ether oxygens (including phenoxy) is 1. The van der Waals surface area contributed by atoms with E-state index in [2.05, 4.69) is 0 Å². The van der Waals surface area contributed by atoms with Gasteiger partial charge in [0.25, 0.3) is 0 Å². The fourth-order valence-electron chi connectivity index (χ4n) is 2.29. The molecule has 0 amide bonds. The van der Waals surface area contributed by atoms with Crippen LogP contribution in [0.5, 0.6) is 5.75 Å². The summed E-state index contributed by atoms with van der Waals surface area (Å²) in [5, 5.41) is 0. The van der Waals surface area contributed by atoms with Crippen molar-refractivity contribution in [2.75, 3.05) is 7.11 Å². The number of ketones is 1. The zero-order chi connectivity index (χ0) is 16.1. The SMILES string of the molecule is COc1ccccc1-c1ccc(C=CC(=O)c2ccccc2)o1. The van der Waals surface area contributed by atoms with E-state index in [1.54, 1.807) is 25.3 Å². The second kappa shape index (κ2) is 6.79. The smallest absolute Gasteiger partial charge is 0.185 e. The van der Waals surface area contributed by atoms with E-state index in [0.717, 1.165) is 11.3 Å². The second-order valence-corrected chi connectivity index (χ2v) is 4.97. The Morgan fingerprint density at radius 2 is 1.70 bits per heavy atom. The minimum absolute atomic E-state index is 0.0548. The van der Waals surface area contributed by atoms with Crippen LogP contribution in [0.1, 0.15) is 16.1 Å².